The van der Waals surface area contributed by atoms with Gasteiger partial charge < -0.3 is 14.7 Å². The number of aromatic hydroxyl groups is 1. The molecule has 3 rings (SSSR count). The maximum absolute atomic E-state index is 13.7. The van der Waals surface area contributed by atoms with E-state index in [-0.39, 0.29) is 70.3 Å². The van der Waals surface area contributed by atoms with Crippen LogP contribution in [0.3, 0.4) is 0 Å². The number of hydrogen-bond acceptors (Lipinski definition) is 5. The van der Waals surface area contributed by atoms with E-state index in [0.29, 0.717) is 17.9 Å². The molecule has 6 nitrogen and oxygen atoms in total. The molecule has 39 heavy (non-hydrogen) atoms. The standard InChI is InChI=1S/C32H44N2O4.BrH/c1-9-12-21-17-34(30(33)28(21)24-14-11-10-13-22(24)19-38-20(2)35)18-27(36)23-15-25(31(3,4)5)29(37)26(16-23)32(6,7)8;/h10-11,13-16,21,28,33,37H,9,12,17-19H2,1-8H3;1H/t21-,28-;/m0./s1. The van der Waals surface area contributed by atoms with Gasteiger partial charge in [-0.1, -0.05) is 79.2 Å². The van der Waals surface area contributed by atoms with E-state index in [9.17, 15) is 14.7 Å². The Balaban J connectivity index is 0.00000533. The van der Waals surface area contributed by atoms with Crippen molar-refractivity contribution in [2.45, 2.75) is 91.6 Å². The molecule has 1 saturated heterocycles. The number of phenolic OH excluding ortho intramolecular Hbond substituents is 1. The molecule has 0 radical (unpaired) electrons. The van der Waals surface area contributed by atoms with Crippen LogP contribution in [0.4, 0.5) is 0 Å². The topological polar surface area (TPSA) is 90.7 Å². The Bertz CT molecular complexity index is 1170. The first-order valence-corrected chi connectivity index (χ1v) is 13.6. The van der Waals surface area contributed by atoms with Gasteiger partial charge in [-0.15, -0.1) is 17.0 Å². The van der Waals surface area contributed by atoms with Crippen molar-refractivity contribution in [1.29, 1.82) is 5.41 Å². The number of esters is 1. The van der Waals surface area contributed by atoms with Gasteiger partial charge in [-0.05, 0) is 46.4 Å². The number of benzene rings is 2. The highest BCUT2D eigenvalue weighted by molar-refractivity contribution is 8.93. The number of Topliss-reactive ketones (excluding diaryl/α,β-unsaturated/α-hetero) is 1. The maximum atomic E-state index is 13.7. The number of carbonyl (C=O) groups is 2. The Hall–Kier alpha value is -2.67. The number of phenols is 1. The first kappa shape index (κ1) is 32.5. The van der Waals surface area contributed by atoms with Gasteiger partial charge in [0.15, 0.2) is 5.78 Å². The Morgan fingerprint density at radius 1 is 1.05 bits per heavy atom. The van der Waals surface area contributed by atoms with Crippen molar-refractivity contribution in [1.82, 2.24) is 4.90 Å². The largest absolute Gasteiger partial charge is 0.507 e. The number of halogens is 1. The third-order valence-electron chi connectivity index (χ3n) is 7.42. The Morgan fingerprint density at radius 2 is 1.62 bits per heavy atom. The van der Waals surface area contributed by atoms with Crippen molar-refractivity contribution >= 4 is 34.6 Å². The SMILES string of the molecule is Br.CCC[C@H]1CN(CC(=O)c2cc(C(C)(C)C)c(O)c(C(C)(C)C)c2)C(=N)[C@@H]1c1ccccc1COC(C)=O. The van der Waals surface area contributed by atoms with Crippen molar-refractivity contribution in [3.63, 3.8) is 0 Å². The minimum absolute atomic E-state index is 0. The van der Waals surface area contributed by atoms with Gasteiger partial charge in [-0.3, -0.25) is 15.0 Å². The summed E-state index contributed by atoms with van der Waals surface area (Å²) in [6.45, 7) is 16.6. The average Bonchev–Trinajstić information content (AvgIpc) is 3.11. The highest BCUT2D eigenvalue weighted by Gasteiger charge is 2.40. The molecule has 0 saturated carbocycles. The van der Waals surface area contributed by atoms with E-state index >= 15 is 0 Å². The van der Waals surface area contributed by atoms with Crippen LogP contribution in [0.5, 0.6) is 5.75 Å². The second-order valence-electron chi connectivity index (χ2n) is 12.6. The van der Waals surface area contributed by atoms with Gasteiger partial charge in [0, 0.05) is 36.1 Å². The fourth-order valence-corrected chi connectivity index (χ4v) is 5.44. The molecule has 0 unspecified atom stereocenters. The molecule has 2 aromatic rings. The van der Waals surface area contributed by atoms with Crippen LogP contribution in [0, 0.1) is 11.3 Å². The van der Waals surface area contributed by atoms with Crippen LogP contribution in [0.2, 0.25) is 0 Å². The van der Waals surface area contributed by atoms with Crippen molar-refractivity contribution < 1.29 is 19.4 Å². The number of ether oxygens (including phenoxy) is 1. The Labute approximate surface area is 244 Å². The number of likely N-dealkylation sites (tertiary alicyclic amines) is 1. The normalized spacial score (nSPS) is 17.6. The molecular formula is C32H45BrN2O4. The molecule has 0 aliphatic carbocycles. The second kappa shape index (κ2) is 12.7. The lowest BCUT2D eigenvalue weighted by Crippen LogP contribution is -2.32. The summed E-state index contributed by atoms with van der Waals surface area (Å²) in [6.07, 6.45) is 1.91. The summed E-state index contributed by atoms with van der Waals surface area (Å²) in [4.78, 5) is 27.0. The van der Waals surface area contributed by atoms with E-state index in [4.69, 9.17) is 10.1 Å². The molecule has 0 aromatic heterocycles. The summed E-state index contributed by atoms with van der Waals surface area (Å²) >= 11 is 0. The molecule has 0 amide bonds. The summed E-state index contributed by atoms with van der Waals surface area (Å²) in [7, 11) is 0. The fraction of sp³-hybridized carbons (Fsp3) is 0.531. The van der Waals surface area contributed by atoms with E-state index in [1.807, 2.05) is 82.8 Å². The molecule has 7 heteroatoms. The minimum atomic E-state index is -0.336. The van der Waals surface area contributed by atoms with Gasteiger partial charge >= 0.3 is 5.97 Å². The molecular weight excluding hydrogens is 556 g/mol. The van der Waals surface area contributed by atoms with Crippen molar-refractivity contribution in [3.05, 3.63) is 64.2 Å². The maximum Gasteiger partial charge on any atom is 0.302 e. The first-order chi connectivity index (χ1) is 17.6. The zero-order valence-corrected chi connectivity index (χ0v) is 26.4. The summed E-state index contributed by atoms with van der Waals surface area (Å²) in [5, 5.41) is 20.2. The Kier molecular flexibility index (Phi) is 10.6. The monoisotopic (exact) mass is 600 g/mol. The molecule has 1 heterocycles. The molecule has 2 N–H and O–H groups in total. The number of hydrogen-bond donors (Lipinski definition) is 2. The predicted molar refractivity (Wildman–Crippen MR) is 163 cm³/mol. The number of rotatable bonds is 8. The lowest BCUT2D eigenvalue weighted by molar-refractivity contribution is -0.142. The van der Waals surface area contributed by atoms with Gasteiger partial charge in [0.05, 0.1) is 6.54 Å². The summed E-state index contributed by atoms with van der Waals surface area (Å²) < 4.78 is 5.30. The number of amidine groups is 1. The van der Waals surface area contributed by atoms with Crippen LogP contribution in [-0.4, -0.2) is 40.7 Å². The molecule has 2 atom stereocenters. The summed E-state index contributed by atoms with van der Waals surface area (Å²) in [5.41, 5.74) is 3.30. The highest BCUT2D eigenvalue weighted by atomic mass is 79.9. The molecule has 214 valence electrons. The lowest BCUT2D eigenvalue weighted by Gasteiger charge is -2.28. The van der Waals surface area contributed by atoms with Gasteiger partial charge in [-0.25, -0.2) is 0 Å². The van der Waals surface area contributed by atoms with E-state index in [0.717, 1.165) is 35.1 Å². The van der Waals surface area contributed by atoms with Crippen molar-refractivity contribution in [2.75, 3.05) is 13.1 Å². The van der Waals surface area contributed by atoms with Gasteiger partial charge in [0.2, 0.25) is 0 Å². The molecule has 0 bridgehead atoms. The lowest BCUT2D eigenvalue weighted by atomic mass is 9.78. The number of ketones is 1. The van der Waals surface area contributed by atoms with Crippen LogP contribution in [0.15, 0.2) is 36.4 Å². The second-order valence-corrected chi connectivity index (χ2v) is 12.6. The van der Waals surface area contributed by atoms with E-state index in [2.05, 4.69) is 6.92 Å². The summed E-state index contributed by atoms with van der Waals surface area (Å²) in [5.74, 6) is 0.311. The highest BCUT2D eigenvalue weighted by Crippen LogP contribution is 2.41. The van der Waals surface area contributed by atoms with Crippen LogP contribution < -0.4 is 0 Å². The predicted octanol–water partition coefficient (Wildman–Crippen LogP) is 7.30. The van der Waals surface area contributed by atoms with Gasteiger partial charge in [0.25, 0.3) is 0 Å². The number of nitrogens with one attached hydrogen (secondary N) is 1. The zero-order chi connectivity index (χ0) is 28.4. The number of carbonyl (C=O) groups excluding carboxylic acids is 2. The quantitative estimate of drug-likeness (QED) is 0.245. The van der Waals surface area contributed by atoms with Crippen molar-refractivity contribution in [2.24, 2.45) is 5.92 Å². The fourth-order valence-electron chi connectivity index (χ4n) is 5.44. The number of nitrogens with zero attached hydrogens (tertiary/aromatic N) is 1. The van der Waals surface area contributed by atoms with Crippen molar-refractivity contribution in [3.8, 4) is 5.75 Å². The smallest absolute Gasteiger partial charge is 0.302 e. The van der Waals surface area contributed by atoms with E-state index in [1.165, 1.54) is 6.92 Å². The third-order valence-corrected chi connectivity index (χ3v) is 7.42. The van der Waals surface area contributed by atoms with E-state index in [1.54, 1.807) is 0 Å². The van der Waals surface area contributed by atoms with E-state index < -0.39 is 0 Å². The molecule has 2 aromatic carbocycles. The van der Waals surface area contributed by atoms with Crippen LogP contribution in [0.25, 0.3) is 0 Å². The molecule has 1 fully saturated rings. The first-order valence-electron chi connectivity index (χ1n) is 13.6. The average molecular weight is 602 g/mol. The van der Waals surface area contributed by atoms with Gasteiger partial charge in [0.1, 0.15) is 18.2 Å². The van der Waals surface area contributed by atoms with Crippen LogP contribution in [0.1, 0.15) is 107 Å². The molecule has 1 aliphatic rings. The zero-order valence-electron chi connectivity index (χ0n) is 24.7. The van der Waals surface area contributed by atoms with Gasteiger partial charge in [-0.2, -0.15) is 0 Å². The Morgan fingerprint density at radius 3 is 2.13 bits per heavy atom. The third kappa shape index (κ3) is 7.50. The van der Waals surface area contributed by atoms with Crippen LogP contribution >= 0.6 is 17.0 Å². The molecule has 0 spiro atoms. The van der Waals surface area contributed by atoms with Crippen LogP contribution in [-0.2, 0) is 27.0 Å². The minimum Gasteiger partial charge on any atom is -0.507 e. The summed E-state index contributed by atoms with van der Waals surface area (Å²) in [6, 6.07) is 11.5. The molecule has 1 aliphatic heterocycles.